The highest BCUT2D eigenvalue weighted by Gasteiger charge is 2.17. The van der Waals surface area contributed by atoms with Crippen LogP contribution < -0.4 is 4.72 Å². The third-order valence-electron chi connectivity index (χ3n) is 3.08. The number of halogens is 1. The summed E-state index contributed by atoms with van der Waals surface area (Å²) in [5.74, 6) is -0.540. The largest absolute Gasteiger partial charge is 0.274 e. The van der Waals surface area contributed by atoms with Crippen LogP contribution in [0.1, 0.15) is 17.5 Å². The van der Waals surface area contributed by atoms with E-state index in [1.807, 2.05) is 31.2 Å². The maximum atomic E-state index is 12.1. The second-order valence-electron chi connectivity index (χ2n) is 4.98. The minimum Gasteiger partial charge on any atom is -0.274 e. The van der Waals surface area contributed by atoms with Gasteiger partial charge in [-0.15, -0.1) is 0 Å². The molecular formula is C16H16ClNO3S. The van der Waals surface area contributed by atoms with Gasteiger partial charge in [0.1, 0.15) is 0 Å². The predicted molar refractivity (Wildman–Crippen MR) is 86.3 cm³/mol. The van der Waals surface area contributed by atoms with Crippen molar-refractivity contribution in [3.63, 3.8) is 0 Å². The van der Waals surface area contributed by atoms with Crippen LogP contribution in [0.2, 0.25) is 5.02 Å². The van der Waals surface area contributed by atoms with Gasteiger partial charge in [-0.05, 0) is 37.1 Å². The Morgan fingerprint density at radius 2 is 1.86 bits per heavy atom. The van der Waals surface area contributed by atoms with E-state index in [1.54, 1.807) is 6.07 Å². The average Bonchev–Trinajstić information content (AvgIpc) is 2.45. The number of rotatable bonds is 5. The van der Waals surface area contributed by atoms with E-state index >= 15 is 0 Å². The van der Waals surface area contributed by atoms with Gasteiger partial charge in [0.25, 0.3) is 10.0 Å². The van der Waals surface area contributed by atoms with Crippen LogP contribution in [-0.4, -0.2) is 14.3 Å². The smallest absolute Gasteiger partial charge is 0.264 e. The van der Waals surface area contributed by atoms with E-state index in [4.69, 9.17) is 11.6 Å². The van der Waals surface area contributed by atoms with Gasteiger partial charge in [0, 0.05) is 11.4 Å². The topological polar surface area (TPSA) is 63.2 Å². The summed E-state index contributed by atoms with van der Waals surface area (Å²) in [4.78, 5) is 11.8. The lowest BCUT2D eigenvalue weighted by molar-refractivity contribution is -0.119. The Kier molecular flexibility index (Phi) is 5.21. The first-order chi connectivity index (χ1) is 10.4. The molecule has 0 spiro atoms. The van der Waals surface area contributed by atoms with Gasteiger partial charge in [0.15, 0.2) is 0 Å². The molecule has 0 atom stereocenters. The highest BCUT2D eigenvalue weighted by molar-refractivity contribution is 7.90. The Bertz CT molecular complexity index is 787. The third kappa shape index (κ3) is 4.58. The first-order valence-corrected chi connectivity index (χ1v) is 8.60. The van der Waals surface area contributed by atoms with Gasteiger partial charge in [-0.25, -0.2) is 13.1 Å². The summed E-state index contributed by atoms with van der Waals surface area (Å²) in [6.07, 6.45) is 0.585. The van der Waals surface area contributed by atoms with E-state index in [0.29, 0.717) is 11.4 Å². The predicted octanol–water partition coefficient (Wildman–Crippen LogP) is 3.09. The maximum Gasteiger partial charge on any atom is 0.264 e. The van der Waals surface area contributed by atoms with Gasteiger partial charge in [0.05, 0.1) is 4.90 Å². The number of benzene rings is 2. The maximum absolute atomic E-state index is 12.1. The number of amides is 1. The highest BCUT2D eigenvalue weighted by atomic mass is 35.5. The van der Waals surface area contributed by atoms with Crippen LogP contribution >= 0.6 is 11.6 Å². The van der Waals surface area contributed by atoms with E-state index < -0.39 is 15.9 Å². The van der Waals surface area contributed by atoms with Crippen molar-refractivity contribution in [3.05, 3.63) is 64.7 Å². The Balaban J connectivity index is 1.99. The molecule has 0 radical (unpaired) electrons. The minimum absolute atomic E-state index is 0.0242. The molecule has 1 amide bonds. The van der Waals surface area contributed by atoms with E-state index in [9.17, 15) is 13.2 Å². The number of aryl methyl sites for hydroxylation is 2. The average molecular weight is 338 g/mol. The van der Waals surface area contributed by atoms with E-state index in [0.717, 1.165) is 11.1 Å². The number of nitrogens with one attached hydrogen (secondary N) is 1. The zero-order valence-corrected chi connectivity index (χ0v) is 13.6. The molecule has 116 valence electrons. The summed E-state index contributed by atoms with van der Waals surface area (Å²) < 4.78 is 26.2. The van der Waals surface area contributed by atoms with Gasteiger partial charge < -0.3 is 0 Å². The molecule has 2 aromatic rings. The minimum atomic E-state index is -3.88. The van der Waals surface area contributed by atoms with Crippen molar-refractivity contribution in [2.75, 3.05) is 0 Å². The SMILES string of the molecule is Cc1cccc(CCC(=O)NS(=O)(=O)c2cccc(Cl)c2)c1. The van der Waals surface area contributed by atoms with Crippen molar-refractivity contribution in [1.82, 2.24) is 4.72 Å². The van der Waals surface area contributed by atoms with Crippen molar-refractivity contribution in [1.29, 1.82) is 0 Å². The van der Waals surface area contributed by atoms with Crippen LogP contribution in [0, 0.1) is 6.92 Å². The summed E-state index contributed by atoms with van der Waals surface area (Å²) in [5.41, 5.74) is 2.10. The van der Waals surface area contributed by atoms with Gasteiger partial charge in [-0.3, -0.25) is 4.79 Å². The van der Waals surface area contributed by atoms with Gasteiger partial charge in [-0.2, -0.15) is 0 Å². The fraction of sp³-hybridized carbons (Fsp3) is 0.188. The molecule has 4 nitrogen and oxygen atoms in total. The van der Waals surface area contributed by atoms with Crippen LogP contribution in [-0.2, 0) is 21.2 Å². The standard InChI is InChI=1S/C16H16ClNO3S/c1-12-4-2-5-13(10-12)8-9-16(19)18-22(20,21)15-7-3-6-14(17)11-15/h2-7,10-11H,8-9H2,1H3,(H,18,19). The molecule has 0 aliphatic rings. The van der Waals surface area contributed by atoms with Crippen molar-refractivity contribution < 1.29 is 13.2 Å². The number of carbonyl (C=O) groups excluding carboxylic acids is 1. The summed E-state index contributed by atoms with van der Waals surface area (Å²) in [6.45, 7) is 1.97. The number of sulfonamides is 1. The molecule has 0 saturated heterocycles. The molecule has 2 rings (SSSR count). The zero-order chi connectivity index (χ0) is 16.2. The fourth-order valence-electron chi connectivity index (χ4n) is 2.02. The molecule has 0 heterocycles. The summed E-state index contributed by atoms with van der Waals surface area (Å²) >= 11 is 5.77. The van der Waals surface area contributed by atoms with Crippen molar-refractivity contribution in [3.8, 4) is 0 Å². The van der Waals surface area contributed by atoms with Crippen molar-refractivity contribution in [2.24, 2.45) is 0 Å². The first kappa shape index (κ1) is 16.5. The Hall–Kier alpha value is -1.85. The molecule has 6 heteroatoms. The zero-order valence-electron chi connectivity index (χ0n) is 12.0. The van der Waals surface area contributed by atoms with Crippen LogP contribution in [0.4, 0.5) is 0 Å². The van der Waals surface area contributed by atoms with Crippen LogP contribution in [0.25, 0.3) is 0 Å². The molecule has 1 N–H and O–H groups in total. The summed E-state index contributed by atoms with van der Waals surface area (Å²) in [6, 6.07) is 13.5. The molecule has 2 aromatic carbocycles. The van der Waals surface area contributed by atoms with Crippen molar-refractivity contribution in [2.45, 2.75) is 24.7 Å². The molecule has 0 unspecified atom stereocenters. The van der Waals surface area contributed by atoms with Gasteiger partial charge in [-0.1, -0.05) is 47.5 Å². The Labute approximate surface area is 135 Å². The van der Waals surface area contributed by atoms with Crippen molar-refractivity contribution >= 4 is 27.5 Å². The van der Waals surface area contributed by atoms with Crippen LogP contribution in [0.15, 0.2) is 53.4 Å². The Morgan fingerprint density at radius 3 is 2.55 bits per heavy atom. The van der Waals surface area contributed by atoms with E-state index in [-0.39, 0.29) is 11.3 Å². The lowest BCUT2D eigenvalue weighted by Crippen LogP contribution is -2.30. The molecule has 0 aliphatic heterocycles. The second-order valence-corrected chi connectivity index (χ2v) is 7.09. The Morgan fingerprint density at radius 1 is 1.14 bits per heavy atom. The van der Waals surface area contributed by atoms with E-state index in [2.05, 4.69) is 4.72 Å². The molecule has 0 aliphatic carbocycles. The van der Waals surface area contributed by atoms with Gasteiger partial charge >= 0.3 is 0 Å². The normalized spacial score (nSPS) is 11.2. The second kappa shape index (κ2) is 6.94. The molecule has 0 aromatic heterocycles. The monoisotopic (exact) mass is 337 g/mol. The fourth-order valence-corrected chi connectivity index (χ4v) is 3.33. The third-order valence-corrected chi connectivity index (χ3v) is 4.68. The lowest BCUT2D eigenvalue weighted by Gasteiger charge is -2.07. The number of carbonyl (C=O) groups is 1. The molecule has 0 fully saturated rings. The quantitative estimate of drug-likeness (QED) is 0.911. The molecule has 0 bridgehead atoms. The van der Waals surface area contributed by atoms with Crippen LogP contribution in [0.3, 0.4) is 0 Å². The van der Waals surface area contributed by atoms with Gasteiger partial charge in [0.2, 0.25) is 5.91 Å². The first-order valence-electron chi connectivity index (χ1n) is 6.73. The molecular weight excluding hydrogens is 322 g/mol. The number of hydrogen-bond acceptors (Lipinski definition) is 3. The number of hydrogen-bond donors (Lipinski definition) is 1. The van der Waals surface area contributed by atoms with Crippen LogP contribution in [0.5, 0.6) is 0 Å². The highest BCUT2D eigenvalue weighted by Crippen LogP contribution is 2.15. The van der Waals surface area contributed by atoms with E-state index in [1.165, 1.54) is 18.2 Å². The summed E-state index contributed by atoms with van der Waals surface area (Å²) in [5, 5.41) is 0.301. The summed E-state index contributed by atoms with van der Waals surface area (Å²) in [7, 11) is -3.88. The lowest BCUT2D eigenvalue weighted by atomic mass is 10.1. The molecule has 22 heavy (non-hydrogen) atoms. The molecule has 0 saturated carbocycles.